The zero-order valence-corrected chi connectivity index (χ0v) is 7.93. The first kappa shape index (κ1) is 9.62. The van der Waals surface area contributed by atoms with Gasteiger partial charge in [0, 0.05) is 0 Å². The molecule has 0 saturated carbocycles. The Labute approximate surface area is 63.2 Å². The Hall–Kier alpha value is -0.383. The van der Waals surface area contributed by atoms with Crippen molar-refractivity contribution in [2.45, 2.75) is 33.3 Å². The van der Waals surface area contributed by atoms with Gasteiger partial charge in [0.1, 0.15) is 0 Å². The molecular weight excluding hydrogens is 148 g/mol. The zero-order chi connectivity index (χ0) is 8.20. The van der Waals surface area contributed by atoms with Crippen LogP contribution in [0.4, 0.5) is 0 Å². The van der Waals surface area contributed by atoms with Crippen molar-refractivity contribution in [3.05, 3.63) is 0 Å². The van der Waals surface area contributed by atoms with Crippen LogP contribution in [-0.2, 0) is 13.3 Å². The van der Waals surface area contributed by atoms with E-state index in [-0.39, 0.29) is 5.60 Å². The molecule has 0 amide bonds. The molecule has 0 bridgehead atoms. The summed E-state index contributed by atoms with van der Waals surface area (Å²) in [7, 11) is -2.25. The van der Waals surface area contributed by atoms with Gasteiger partial charge >= 0.3 is 9.17 Å². The maximum Gasteiger partial charge on any atom is 0.767 e. The SMILES string of the molecule is CCO[Si](=O)OC(C)(C)C. The first-order valence-corrected chi connectivity index (χ1v) is 4.54. The molecule has 0 unspecified atom stereocenters. The lowest BCUT2D eigenvalue weighted by Gasteiger charge is -2.18. The molecule has 0 spiro atoms. The normalized spacial score (nSPS) is 10.8. The van der Waals surface area contributed by atoms with Crippen LogP contribution in [0.1, 0.15) is 27.7 Å². The summed E-state index contributed by atoms with van der Waals surface area (Å²) in [4.78, 5) is 0. The lowest BCUT2D eigenvalue weighted by molar-refractivity contribution is 0.0700. The van der Waals surface area contributed by atoms with Gasteiger partial charge in [-0.15, -0.1) is 0 Å². The Morgan fingerprint density at radius 1 is 1.40 bits per heavy atom. The molecule has 0 aromatic heterocycles. The molecule has 0 rings (SSSR count). The first-order valence-electron chi connectivity index (χ1n) is 3.31. The second-order valence-electron chi connectivity index (χ2n) is 2.90. The summed E-state index contributed by atoms with van der Waals surface area (Å²) in [6.45, 7) is 7.75. The van der Waals surface area contributed by atoms with Crippen LogP contribution >= 0.6 is 0 Å². The standard InChI is InChI=1S/C6H14O3Si/c1-5-8-10(7)9-6(2,3)4/h5H2,1-4H3. The Morgan fingerprint density at radius 3 is 2.20 bits per heavy atom. The van der Waals surface area contributed by atoms with Crippen LogP contribution in [0.15, 0.2) is 0 Å². The molecule has 0 aliphatic heterocycles. The molecule has 0 aliphatic rings. The fourth-order valence-corrected chi connectivity index (χ4v) is 1.19. The Bertz CT molecular complexity index is 117. The maximum atomic E-state index is 10.8. The maximum absolute atomic E-state index is 10.8. The smallest absolute Gasteiger partial charge is 0.496 e. The molecule has 0 aliphatic carbocycles. The average Bonchev–Trinajstić information content (AvgIpc) is 1.59. The van der Waals surface area contributed by atoms with Crippen LogP contribution in [0, 0.1) is 0 Å². The van der Waals surface area contributed by atoms with Crippen molar-refractivity contribution in [2.75, 3.05) is 6.61 Å². The van der Waals surface area contributed by atoms with Gasteiger partial charge in [-0.2, -0.15) is 0 Å². The van der Waals surface area contributed by atoms with E-state index in [9.17, 15) is 4.46 Å². The summed E-state index contributed by atoms with van der Waals surface area (Å²) in [5.41, 5.74) is -0.370. The van der Waals surface area contributed by atoms with E-state index in [1.54, 1.807) is 6.92 Å². The predicted molar refractivity (Wildman–Crippen MR) is 38.9 cm³/mol. The molecule has 60 valence electrons. The predicted octanol–water partition coefficient (Wildman–Crippen LogP) is 1.25. The van der Waals surface area contributed by atoms with Crippen molar-refractivity contribution in [3.8, 4) is 0 Å². The van der Waals surface area contributed by atoms with E-state index < -0.39 is 9.17 Å². The zero-order valence-electron chi connectivity index (χ0n) is 6.93. The highest BCUT2D eigenvalue weighted by Gasteiger charge is 2.20. The molecule has 0 aromatic carbocycles. The second kappa shape index (κ2) is 3.70. The minimum Gasteiger partial charge on any atom is -0.496 e. The average molecular weight is 162 g/mol. The van der Waals surface area contributed by atoms with Crippen molar-refractivity contribution in [1.29, 1.82) is 0 Å². The highest BCUT2D eigenvalue weighted by molar-refractivity contribution is 6.26. The van der Waals surface area contributed by atoms with Crippen molar-refractivity contribution < 1.29 is 13.3 Å². The van der Waals surface area contributed by atoms with E-state index in [0.29, 0.717) is 6.61 Å². The Kier molecular flexibility index (Phi) is 3.56. The summed E-state index contributed by atoms with van der Waals surface area (Å²) < 4.78 is 20.5. The first-order chi connectivity index (χ1) is 4.45. The minimum atomic E-state index is -2.25. The molecule has 0 aromatic rings. The van der Waals surface area contributed by atoms with E-state index in [1.807, 2.05) is 20.8 Å². The quantitative estimate of drug-likeness (QED) is 0.586. The van der Waals surface area contributed by atoms with Crippen LogP contribution in [-0.4, -0.2) is 21.4 Å². The topological polar surface area (TPSA) is 35.5 Å². The molecule has 0 atom stereocenters. The molecule has 3 nitrogen and oxygen atoms in total. The molecule has 0 fully saturated rings. The molecular formula is C6H14O3Si. The van der Waals surface area contributed by atoms with E-state index in [0.717, 1.165) is 0 Å². The monoisotopic (exact) mass is 162 g/mol. The molecule has 0 heterocycles. The van der Waals surface area contributed by atoms with Crippen molar-refractivity contribution in [3.63, 3.8) is 0 Å². The Morgan fingerprint density at radius 2 is 1.90 bits per heavy atom. The van der Waals surface area contributed by atoms with Gasteiger partial charge in [0.2, 0.25) is 0 Å². The Balaban J connectivity index is 3.58. The minimum absolute atomic E-state index is 0.370. The van der Waals surface area contributed by atoms with Gasteiger partial charge in [0.15, 0.2) is 0 Å². The van der Waals surface area contributed by atoms with Crippen molar-refractivity contribution in [2.24, 2.45) is 0 Å². The van der Waals surface area contributed by atoms with Gasteiger partial charge in [-0.1, -0.05) is 0 Å². The summed E-state index contributed by atoms with van der Waals surface area (Å²) in [5.74, 6) is 0. The highest BCUT2D eigenvalue weighted by Crippen LogP contribution is 2.05. The number of hydrogen-bond donors (Lipinski definition) is 0. The van der Waals surface area contributed by atoms with Gasteiger partial charge in [-0.05, 0) is 27.7 Å². The van der Waals surface area contributed by atoms with Crippen molar-refractivity contribution >= 4 is 9.17 Å². The molecule has 0 saturated heterocycles. The molecule has 0 N–H and O–H groups in total. The summed E-state index contributed by atoms with van der Waals surface area (Å²) >= 11 is 0. The third-order valence-corrected chi connectivity index (χ3v) is 1.96. The van der Waals surface area contributed by atoms with Crippen LogP contribution in [0.3, 0.4) is 0 Å². The summed E-state index contributed by atoms with van der Waals surface area (Å²) in [6, 6.07) is 0. The molecule has 10 heavy (non-hydrogen) atoms. The fourth-order valence-electron chi connectivity index (χ4n) is 0.397. The van der Waals surface area contributed by atoms with Crippen LogP contribution < -0.4 is 0 Å². The van der Waals surface area contributed by atoms with E-state index in [4.69, 9.17) is 8.85 Å². The van der Waals surface area contributed by atoms with E-state index in [2.05, 4.69) is 0 Å². The van der Waals surface area contributed by atoms with Crippen molar-refractivity contribution in [1.82, 2.24) is 0 Å². The van der Waals surface area contributed by atoms with Gasteiger partial charge in [-0.25, -0.2) is 0 Å². The molecule has 0 radical (unpaired) electrons. The summed E-state index contributed by atoms with van der Waals surface area (Å²) in [6.07, 6.45) is 0. The fraction of sp³-hybridized carbons (Fsp3) is 1.00. The largest absolute Gasteiger partial charge is 0.767 e. The second-order valence-corrected chi connectivity index (χ2v) is 3.89. The summed E-state index contributed by atoms with van der Waals surface area (Å²) in [5, 5.41) is 0. The third-order valence-electron chi connectivity index (χ3n) is 0.652. The van der Waals surface area contributed by atoms with Gasteiger partial charge < -0.3 is 8.85 Å². The van der Waals surface area contributed by atoms with E-state index >= 15 is 0 Å². The number of hydrogen-bond acceptors (Lipinski definition) is 3. The molecule has 4 heteroatoms. The van der Waals surface area contributed by atoms with Crippen LogP contribution in [0.2, 0.25) is 0 Å². The lowest BCUT2D eigenvalue weighted by Crippen LogP contribution is -2.27. The third kappa shape index (κ3) is 5.75. The van der Waals surface area contributed by atoms with Gasteiger partial charge in [0.05, 0.1) is 12.2 Å². The highest BCUT2D eigenvalue weighted by atomic mass is 28.3. The van der Waals surface area contributed by atoms with E-state index in [1.165, 1.54) is 0 Å². The van der Waals surface area contributed by atoms with Gasteiger partial charge in [-0.3, -0.25) is 4.46 Å². The number of rotatable bonds is 3. The van der Waals surface area contributed by atoms with Crippen LogP contribution in [0.5, 0.6) is 0 Å². The lowest BCUT2D eigenvalue weighted by atomic mass is 10.2. The van der Waals surface area contributed by atoms with Gasteiger partial charge in [0.25, 0.3) is 0 Å². The van der Waals surface area contributed by atoms with Crippen LogP contribution in [0.25, 0.3) is 0 Å².